The molecule has 0 amide bonds. The van der Waals surface area contributed by atoms with Crippen LogP contribution in [0, 0.1) is 17.8 Å². The van der Waals surface area contributed by atoms with Gasteiger partial charge in [0.25, 0.3) is 0 Å². The van der Waals surface area contributed by atoms with Gasteiger partial charge in [-0.3, -0.25) is 0 Å². The van der Waals surface area contributed by atoms with Crippen molar-refractivity contribution in [3.05, 3.63) is 0 Å². The van der Waals surface area contributed by atoms with Gasteiger partial charge < -0.3 is 10.6 Å². The van der Waals surface area contributed by atoms with E-state index in [-0.39, 0.29) is 0 Å². The standard InChI is InChI=1S/C13H28N2/c1-4-12-10-15(7-5-11(2)3)8-6-13(12)9-14/h11-13H,4-10,14H2,1-3H3. The van der Waals surface area contributed by atoms with Crippen LogP contribution in [0.2, 0.25) is 0 Å². The SMILES string of the molecule is CCC1CN(CCC(C)C)CCC1CN. The van der Waals surface area contributed by atoms with E-state index in [0.717, 1.165) is 24.3 Å². The number of hydrogen-bond donors (Lipinski definition) is 1. The van der Waals surface area contributed by atoms with Crippen molar-refractivity contribution >= 4 is 0 Å². The van der Waals surface area contributed by atoms with E-state index in [9.17, 15) is 0 Å². The molecule has 2 atom stereocenters. The van der Waals surface area contributed by atoms with Crippen LogP contribution >= 0.6 is 0 Å². The van der Waals surface area contributed by atoms with Crippen LogP contribution in [0.25, 0.3) is 0 Å². The summed E-state index contributed by atoms with van der Waals surface area (Å²) >= 11 is 0. The van der Waals surface area contributed by atoms with Gasteiger partial charge in [0.1, 0.15) is 0 Å². The predicted octanol–water partition coefficient (Wildman–Crippen LogP) is 2.34. The first-order valence-electron chi connectivity index (χ1n) is 6.59. The highest BCUT2D eigenvalue weighted by molar-refractivity contribution is 4.80. The molecule has 1 aliphatic rings. The summed E-state index contributed by atoms with van der Waals surface area (Å²) in [6.07, 6.45) is 3.94. The van der Waals surface area contributed by atoms with Gasteiger partial charge in [-0.05, 0) is 50.2 Å². The van der Waals surface area contributed by atoms with Gasteiger partial charge in [-0.25, -0.2) is 0 Å². The quantitative estimate of drug-likeness (QED) is 0.758. The fourth-order valence-electron chi connectivity index (χ4n) is 2.57. The monoisotopic (exact) mass is 212 g/mol. The van der Waals surface area contributed by atoms with Crippen LogP contribution in [-0.4, -0.2) is 31.1 Å². The number of nitrogens with two attached hydrogens (primary N) is 1. The van der Waals surface area contributed by atoms with Gasteiger partial charge in [-0.1, -0.05) is 27.2 Å². The predicted molar refractivity (Wildman–Crippen MR) is 66.8 cm³/mol. The summed E-state index contributed by atoms with van der Waals surface area (Å²) in [5.74, 6) is 2.46. The lowest BCUT2D eigenvalue weighted by Gasteiger charge is -2.38. The third kappa shape index (κ3) is 4.12. The lowest BCUT2D eigenvalue weighted by Crippen LogP contribution is -2.43. The van der Waals surface area contributed by atoms with Crippen LogP contribution < -0.4 is 5.73 Å². The van der Waals surface area contributed by atoms with Crippen molar-refractivity contribution in [1.29, 1.82) is 0 Å². The minimum Gasteiger partial charge on any atom is -0.330 e. The Morgan fingerprint density at radius 1 is 1.33 bits per heavy atom. The zero-order valence-corrected chi connectivity index (χ0v) is 10.7. The maximum Gasteiger partial charge on any atom is 0.00127 e. The van der Waals surface area contributed by atoms with Crippen molar-refractivity contribution in [1.82, 2.24) is 4.90 Å². The van der Waals surface area contributed by atoms with E-state index in [0.29, 0.717) is 0 Å². The molecular formula is C13H28N2. The highest BCUT2D eigenvalue weighted by Crippen LogP contribution is 2.25. The molecule has 2 unspecified atom stereocenters. The second-order valence-electron chi connectivity index (χ2n) is 5.44. The Kier molecular flexibility index (Phi) is 5.62. The Balaban J connectivity index is 2.32. The molecule has 0 spiro atoms. The van der Waals surface area contributed by atoms with E-state index >= 15 is 0 Å². The number of nitrogens with zero attached hydrogens (tertiary/aromatic N) is 1. The van der Waals surface area contributed by atoms with Gasteiger partial charge in [-0.15, -0.1) is 0 Å². The van der Waals surface area contributed by atoms with Gasteiger partial charge in [0, 0.05) is 6.54 Å². The van der Waals surface area contributed by atoms with Gasteiger partial charge in [0.2, 0.25) is 0 Å². The van der Waals surface area contributed by atoms with Crippen molar-refractivity contribution in [2.45, 2.75) is 40.0 Å². The minimum atomic E-state index is 0.783. The van der Waals surface area contributed by atoms with E-state index in [1.165, 1.54) is 38.9 Å². The molecule has 0 aliphatic carbocycles. The molecular weight excluding hydrogens is 184 g/mol. The number of likely N-dealkylation sites (tertiary alicyclic amines) is 1. The molecule has 0 radical (unpaired) electrons. The van der Waals surface area contributed by atoms with Crippen LogP contribution in [0.1, 0.15) is 40.0 Å². The Morgan fingerprint density at radius 2 is 2.07 bits per heavy atom. The van der Waals surface area contributed by atoms with Gasteiger partial charge in [0.05, 0.1) is 0 Å². The average Bonchev–Trinajstić information content (AvgIpc) is 2.25. The normalized spacial score (nSPS) is 28.6. The fraction of sp³-hybridized carbons (Fsp3) is 1.00. The van der Waals surface area contributed by atoms with Gasteiger partial charge in [0.15, 0.2) is 0 Å². The van der Waals surface area contributed by atoms with E-state index in [4.69, 9.17) is 5.73 Å². The maximum atomic E-state index is 5.82. The summed E-state index contributed by atoms with van der Waals surface area (Å²) in [6, 6.07) is 0. The van der Waals surface area contributed by atoms with Crippen LogP contribution in [-0.2, 0) is 0 Å². The zero-order valence-electron chi connectivity index (χ0n) is 10.7. The Labute approximate surface area is 95.2 Å². The molecule has 2 heteroatoms. The van der Waals surface area contributed by atoms with Crippen LogP contribution in [0.4, 0.5) is 0 Å². The molecule has 0 bridgehead atoms. The first-order valence-corrected chi connectivity index (χ1v) is 6.59. The fourth-order valence-corrected chi connectivity index (χ4v) is 2.57. The van der Waals surface area contributed by atoms with E-state index in [1.54, 1.807) is 0 Å². The number of rotatable bonds is 5. The Hall–Kier alpha value is -0.0800. The summed E-state index contributed by atoms with van der Waals surface area (Å²) in [6.45, 7) is 11.6. The molecule has 90 valence electrons. The lowest BCUT2D eigenvalue weighted by atomic mass is 9.83. The van der Waals surface area contributed by atoms with E-state index in [2.05, 4.69) is 25.7 Å². The third-order valence-electron chi connectivity index (χ3n) is 3.83. The highest BCUT2D eigenvalue weighted by Gasteiger charge is 2.26. The smallest absolute Gasteiger partial charge is 0.00127 e. The topological polar surface area (TPSA) is 29.3 Å². The summed E-state index contributed by atoms with van der Waals surface area (Å²) < 4.78 is 0. The molecule has 1 heterocycles. The van der Waals surface area contributed by atoms with Crippen molar-refractivity contribution in [3.8, 4) is 0 Å². The summed E-state index contributed by atoms with van der Waals surface area (Å²) in [7, 11) is 0. The molecule has 0 saturated carbocycles. The van der Waals surface area contributed by atoms with E-state index < -0.39 is 0 Å². The van der Waals surface area contributed by atoms with Crippen molar-refractivity contribution < 1.29 is 0 Å². The molecule has 0 aromatic heterocycles. The van der Waals surface area contributed by atoms with Crippen molar-refractivity contribution in [2.75, 3.05) is 26.2 Å². The molecule has 1 fully saturated rings. The van der Waals surface area contributed by atoms with Crippen molar-refractivity contribution in [3.63, 3.8) is 0 Å². The number of piperidine rings is 1. The molecule has 2 N–H and O–H groups in total. The summed E-state index contributed by atoms with van der Waals surface area (Å²) in [5.41, 5.74) is 5.82. The average molecular weight is 212 g/mol. The number of hydrogen-bond acceptors (Lipinski definition) is 2. The van der Waals surface area contributed by atoms with Gasteiger partial charge >= 0.3 is 0 Å². The van der Waals surface area contributed by atoms with E-state index in [1.807, 2.05) is 0 Å². The van der Waals surface area contributed by atoms with Crippen LogP contribution in [0.15, 0.2) is 0 Å². The first kappa shape index (κ1) is 13.0. The molecule has 1 saturated heterocycles. The van der Waals surface area contributed by atoms with Crippen molar-refractivity contribution in [2.24, 2.45) is 23.5 Å². The maximum absolute atomic E-state index is 5.82. The molecule has 1 rings (SSSR count). The zero-order chi connectivity index (χ0) is 11.3. The van der Waals surface area contributed by atoms with Gasteiger partial charge in [-0.2, -0.15) is 0 Å². The summed E-state index contributed by atoms with van der Waals surface area (Å²) in [4.78, 5) is 2.64. The van der Waals surface area contributed by atoms with Crippen LogP contribution in [0.3, 0.4) is 0 Å². The molecule has 0 aromatic rings. The summed E-state index contributed by atoms with van der Waals surface area (Å²) in [5, 5.41) is 0. The molecule has 0 aromatic carbocycles. The second-order valence-corrected chi connectivity index (χ2v) is 5.44. The Bertz CT molecular complexity index is 168. The molecule has 15 heavy (non-hydrogen) atoms. The second kappa shape index (κ2) is 6.49. The molecule has 2 nitrogen and oxygen atoms in total. The lowest BCUT2D eigenvalue weighted by molar-refractivity contribution is 0.115. The van der Waals surface area contributed by atoms with Crippen LogP contribution in [0.5, 0.6) is 0 Å². The largest absolute Gasteiger partial charge is 0.330 e. The Morgan fingerprint density at radius 3 is 2.60 bits per heavy atom. The highest BCUT2D eigenvalue weighted by atomic mass is 15.1. The molecule has 1 aliphatic heterocycles. The first-order chi connectivity index (χ1) is 7.17. The minimum absolute atomic E-state index is 0.783. The third-order valence-corrected chi connectivity index (χ3v) is 3.83.